The lowest BCUT2D eigenvalue weighted by Crippen LogP contribution is -2.20. The van der Waals surface area contributed by atoms with Crippen molar-refractivity contribution in [3.05, 3.63) is 35.4 Å². The lowest BCUT2D eigenvalue weighted by atomic mass is 10.0. The van der Waals surface area contributed by atoms with Gasteiger partial charge < -0.3 is 15.5 Å². The van der Waals surface area contributed by atoms with Gasteiger partial charge in [0.25, 0.3) is 5.91 Å². The van der Waals surface area contributed by atoms with Crippen molar-refractivity contribution in [1.29, 1.82) is 0 Å². The van der Waals surface area contributed by atoms with Crippen LogP contribution in [0.25, 0.3) is 0 Å². The number of amides is 1. The quantitative estimate of drug-likeness (QED) is 0.719. The van der Waals surface area contributed by atoms with E-state index in [9.17, 15) is 15.0 Å². The van der Waals surface area contributed by atoms with Crippen LogP contribution in [0.3, 0.4) is 0 Å². The van der Waals surface area contributed by atoms with Gasteiger partial charge in [-0.2, -0.15) is 0 Å². The van der Waals surface area contributed by atoms with Gasteiger partial charge in [-0.15, -0.1) is 0 Å². The predicted molar refractivity (Wildman–Crippen MR) is 64.6 cm³/mol. The van der Waals surface area contributed by atoms with Crippen LogP contribution in [-0.4, -0.2) is 34.6 Å². The highest BCUT2D eigenvalue weighted by Gasteiger charge is 2.17. The van der Waals surface area contributed by atoms with E-state index in [0.29, 0.717) is 16.5 Å². The first-order valence-corrected chi connectivity index (χ1v) is 5.96. The molecular formula is C11H14BrNO3. The summed E-state index contributed by atoms with van der Waals surface area (Å²) in [6, 6.07) is 6.47. The van der Waals surface area contributed by atoms with Crippen LogP contribution in [0.2, 0.25) is 0 Å². The molecule has 1 aromatic carbocycles. The predicted octanol–water partition coefficient (Wildman–Crippen LogP) is 0.835. The third-order valence-corrected chi connectivity index (χ3v) is 2.93. The van der Waals surface area contributed by atoms with Crippen LogP contribution >= 0.6 is 15.9 Å². The average molecular weight is 288 g/mol. The maximum atomic E-state index is 11.3. The molecule has 0 bridgehead atoms. The molecular weight excluding hydrogens is 274 g/mol. The minimum atomic E-state index is -0.946. The molecule has 1 rings (SSSR count). The van der Waals surface area contributed by atoms with Crippen molar-refractivity contribution < 1.29 is 15.0 Å². The first-order chi connectivity index (χ1) is 7.60. The lowest BCUT2D eigenvalue weighted by Gasteiger charge is -2.15. The molecule has 0 aliphatic heterocycles. The zero-order chi connectivity index (χ0) is 12.1. The minimum absolute atomic E-state index is 0.179. The van der Waals surface area contributed by atoms with Gasteiger partial charge in [0, 0.05) is 17.9 Å². The number of aliphatic hydroxyl groups excluding tert-OH is 2. The second kappa shape index (κ2) is 5.98. The second-order valence-electron chi connectivity index (χ2n) is 3.37. The number of alkyl halides is 1. The molecule has 2 atom stereocenters. The third-order valence-electron chi connectivity index (χ3n) is 2.26. The van der Waals surface area contributed by atoms with E-state index in [1.807, 2.05) is 0 Å². The van der Waals surface area contributed by atoms with E-state index in [-0.39, 0.29) is 5.91 Å². The van der Waals surface area contributed by atoms with Crippen LogP contribution in [-0.2, 0) is 0 Å². The van der Waals surface area contributed by atoms with E-state index in [1.54, 1.807) is 31.3 Å². The summed E-state index contributed by atoms with van der Waals surface area (Å²) in [5.74, 6) is -0.179. The molecule has 0 aromatic heterocycles. The van der Waals surface area contributed by atoms with E-state index < -0.39 is 12.2 Å². The molecule has 1 amide bonds. The van der Waals surface area contributed by atoms with Crippen LogP contribution in [0.4, 0.5) is 0 Å². The number of hydrogen-bond donors (Lipinski definition) is 3. The van der Waals surface area contributed by atoms with Gasteiger partial charge in [-0.1, -0.05) is 28.1 Å². The lowest BCUT2D eigenvalue weighted by molar-refractivity contribution is 0.0342. The highest BCUT2D eigenvalue weighted by atomic mass is 79.9. The Bertz CT molecular complexity index is 353. The molecule has 0 fully saturated rings. The van der Waals surface area contributed by atoms with Crippen LogP contribution in [0.5, 0.6) is 0 Å². The minimum Gasteiger partial charge on any atom is -0.389 e. The first-order valence-electron chi connectivity index (χ1n) is 4.84. The summed E-state index contributed by atoms with van der Waals surface area (Å²) in [7, 11) is 1.56. The Hall–Kier alpha value is -0.910. The third kappa shape index (κ3) is 3.04. The fourth-order valence-electron chi connectivity index (χ4n) is 1.28. The van der Waals surface area contributed by atoms with E-state index in [4.69, 9.17) is 0 Å². The van der Waals surface area contributed by atoms with E-state index in [1.165, 1.54) is 0 Å². The van der Waals surface area contributed by atoms with Crippen molar-refractivity contribution >= 4 is 21.8 Å². The molecule has 0 radical (unpaired) electrons. The molecule has 3 N–H and O–H groups in total. The van der Waals surface area contributed by atoms with Gasteiger partial charge >= 0.3 is 0 Å². The monoisotopic (exact) mass is 287 g/mol. The fraction of sp³-hybridized carbons (Fsp3) is 0.364. The molecule has 2 unspecified atom stereocenters. The average Bonchev–Trinajstić information content (AvgIpc) is 2.36. The Kier molecular flexibility index (Phi) is 4.92. The Morgan fingerprint density at radius 3 is 2.38 bits per heavy atom. The van der Waals surface area contributed by atoms with Crippen molar-refractivity contribution in [3.63, 3.8) is 0 Å². The van der Waals surface area contributed by atoms with Crippen molar-refractivity contribution in [2.75, 3.05) is 12.4 Å². The van der Waals surface area contributed by atoms with Crippen LogP contribution in [0, 0.1) is 0 Å². The SMILES string of the molecule is CNC(=O)c1ccc(C(O)C(O)CBr)cc1. The van der Waals surface area contributed by atoms with Gasteiger partial charge in [0.2, 0.25) is 0 Å². The highest BCUT2D eigenvalue weighted by Crippen LogP contribution is 2.18. The van der Waals surface area contributed by atoms with Gasteiger partial charge in [0.05, 0.1) is 6.10 Å². The Balaban J connectivity index is 2.82. The smallest absolute Gasteiger partial charge is 0.251 e. The van der Waals surface area contributed by atoms with E-state index >= 15 is 0 Å². The topological polar surface area (TPSA) is 69.6 Å². The number of nitrogens with one attached hydrogen (secondary N) is 1. The highest BCUT2D eigenvalue weighted by molar-refractivity contribution is 9.09. The molecule has 16 heavy (non-hydrogen) atoms. The fourth-order valence-corrected chi connectivity index (χ4v) is 1.64. The van der Waals surface area contributed by atoms with Crippen molar-refractivity contribution in [2.24, 2.45) is 0 Å². The Morgan fingerprint density at radius 2 is 1.94 bits per heavy atom. The molecule has 0 saturated heterocycles. The van der Waals surface area contributed by atoms with Gasteiger partial charge in [0.1, 0.15) is 6.10 Å². The molecule has 0 spiro atoms. The molecule has 0 aliphatic carbocycles. The molecule has 88 valence electrons. The van der Waals surface area contributed by atoms with Gasteiger partial charge in [-0.25, -0.2) is 0 Å². The largest absolute Gasteiger partial charge is 0.389 e. The zero-order valence-electron chi connectivity index (χ0n) is 8.85. The standard InChI is InChI=1S/C11H14BrNO3/c1-13-11(16)8-4-2-7(3-5-8)10(15)9(14)6-12/h2-5,9-10,14-15H,6H2,1H3,(H,13,16). The molecule has 0 saturated carbocycles. The second-order valence-corrected chi connectivity index (χ2v) is 4.02. The number of benzene rings is 1. The zero-order valence-corrected chi connectivity index (χ0v) is 10.4. The van der Waals surface area contributed by atoms with Crippen molar-refractivity contribution in [2.45, 2.75) is 12.2 Å². The number of carbonyl (C=O) groups excluding carboxylic acids is 1. The Morgan fingerprint density at radius 1 is 1.38 bits per heavy atom. The number of carbonyl (C=O) groups is 1. The maximum Gasteiger partial charge on any atom is 0.251 e. The van der Waals surface area contributed by atoms with Crippen molar-refractivity contribution in [1.82, 2.24) is 5.32 Å². The summed E-state index contributed by atoms with van der Waals surface area (Å²) < 4.78 is 0. The summed E-state index contributed by atoms with van der Waals surface area (Å²) in [5, 5.41) is 21.9. The van der Waals surface area contributed by atoms with Crippen LogP contribution < -0.4 is 5.32 Å². The summed E-state index contributed by atoms with van der Waals surface area (Å²) in [6.07, 6.45) is -1.80. The first kappa shape index (κ1) is 13.2. The van der Waals surface area contributed by atoms with Gasteiger partial charge in [-0.3, -0.25) is 4.79 Å². The normalized spacial score (nSPS) is 14.2. The molecule has 4 nitrogen and oxygen atoms in total. The summed E-state index contributed by atoms with van der Waals surface area (Å²) in [5.41, 5.74) is 1.10. The van der Waals surface area contributed by atoms with Gasteiger partial charge in [-0.05, 0) is 17.7 Å². The number of aliphatic hydroxyl groups is 2. The molecule has 5 heteroatoms. The van der Waals surface area contributed by atoms with E-state index in [2.05, 4.69) is 21.2 Å². The number of halogens is 1. The summed E-state index contributed by atoms with van der Waals surface area (Å²) in [4.78, 5) is 11.3. The van der Waals surface area contributed by atoms with Crippen molar-refractivity contribution in [3.8, 4) is 0 Å². The maximum absolute atomic E-state index is 11.3. The Labute approximate surface area is 102 Å². The van der Waals surface area contributed by atoms with E-state index in [0.717, 1.165) is 0 Å². The number of hydrogen-bond acceptors (Lipinski definition) is 3. The summed E-state index contributed by atoms with van der Waals surface area (Å²) in [6.45, 7) is 0. The van der Waals surface area contributed by atoms with Gasteiger partial charge in [0.15, 0.2) is 0 Å². The molecule has 0 aliphatic rings. The number of rotatable bonds is 4. The summed E-state index contributed by atoms with van der Waals surface area (Å²) >= 11 is 3.09. The van der Waals surface area contributed by atoms with Crippen LogP contribution in [0.15, 0.2) is 24.3 Å². The molecule has 0 heterocycles. The molecule has 1 aromatic rings. The van der Waals surface area contributed by atoms with Crippen LogP contribution in [0.1, 0.15) is 22.0 Å².